The first-order valence-corrected chi connectivity index (χ1v) is 10.5. The number of aromatic nitrogens is 1. The minimum atomic E-state index is -0.151. The van der Waals surface area contributed by atoms with Gasteiger partial charge in [0.2, 0.25) is 5.91 Å². The number of nitrogens with one attached hydrogen (secondary N) is 1. The zero-order valence-electron chi connectivity index (χ0n) is 18.2. The number of benzene rings is 3. The maximum atomic E-state index is 12.4. The monoisotopic (exact) mass is 420 g/mol. The Morgan fingerprint density at radius 3 is 2.69 bits per heavy atom. The molecule has 4 rings (SSSR count). The SMILES string of the molecule is Cc1ccc(C)c(CC(=O)N/N=C\c2cn(Cc3ccccc3C#N)c3ccccc23)c1. The number of rotatable bonds is 6. The van der Waals surface area contributed by atoms with E-state index in [9.17, 15) is 10.1 Å². The Labute approximate surface area is 187 Å². The van der Waals surface area contributed by atoms with Crippen LogP contribution in [0.1, 0.15) is 33.4 Å². The predicted octanol–water partition coefficient (Wildman–Crippen LogP) is 4.87. The number of nitrogens with zero attached hydrogens (tertiary/aromatic N) is 3. The van der Waals surface area contributed by atoms with E-state index in [4.69, 9.17) is 0 Å². The smallest absolute Gasteiger partial charge is 0.244 e. The van der Waals surface area contributed by atoms with Gasteiger partial charge in [-0.05, 0) is 42.7 Å². The molecule has 0 saturated carbocycles. The normalized spacial score (nSPS) is 11.0. The molecule has 0 aliphatic rings. The topological polar surface area (TPSA) is 70.2 Å². The molecule has 4 aromatic rings. The molecule has 0 unspecified atom stereocenters. The summed E-state index contributed by atoms with van der Waals surface area (Å²) in [7, 11) is 0. The molecule has 0 aliphatic heterocycles. The first-order valence-electron chi connectivity index (χ1n) is 10.5. The minimum absolute atomic E-state index is 0.151. The summed E-state index contributed by atoms with van der Waals surface area (Å²) in [4.78, 5) is 12.4. The van der Waals surface area contributed by atoms with Crippen LogP contribution >= 0.6 is 0 Å². The Balaban J connectivity index is 1.53. The third-order valence-corrected chi connectivity index (χ3v) is 5.55. The maximum absolute atomic E-state index is 12.4. The molecule has 0 bridgehead atoms. The molecule has 1 N–H and O–H groups in total. The number of para-hydroxylation sites is 1. The molecule has 32 heavy (non-hydrogen) atoms. The predicted molar refractivity (Wildman–Crippen MR) is 128 cm³/mol. The van der Waals surface area contributed by atoms with Crippen LogP contribution in [0, 0.1) is 25.2 Å². The molecule has 158 valence electrons. The van der Waals surface area contributed by atoms with Crippen LogP contribution in [0.4, 0.5) is 0 Å². The highest BCUT2D eigenvalue weighted by molar-refractivity contribution is 5.99. The second-order valence-electron chi connectivity index (χ2n) is 7.90. The van der Waals surface area contributed by atoms with Crippen LogP contribution in [0.2, 0.25) is 0 Å². The number of fused-ring (bicyclic) bond motifs is 1. The van der Waals surface area contributed by atoms with Crippen molar-refractivity contribution in [1.29, 1.82) is 5.26 Å². The van der Waals surface area contributed by atoms with Crippen molar-refractivity contribution in [2.75, 3.05) is 0 Å². The molecule has 0 aliphatic carbocycles. The van der Waals surface area contributed by atoms with Gasteiger partial charge in [0.15, 0.2) is 0 Å². The van der Waals surface area contributed by atoms with Crippen molar-refractivity contribution < 1.29 is 4.79 Å². The van der Waals surface area contributed by atoms with Gasteiger partial charge in [0.25, 0.3) is 0 Å². The lowest BCUT2D eigenvalue weighted by molar-refractivity contribution is -0.120. The molecular formula is C27H24N4O. The van der Waals surface area contributed by atoms with Crippen molar-refractivity contribution >= 4 is 23.0 Å². The van der Waals surface area contributed by atoms with E-state index < -0.39 is 0 Å². The Kier molecular flexibility index (Phi) is 6.14. The summed E-state index contributed by atoms with van der Waals surface area (Å²) >= 11 is 0. The molecule has 1 heterocycles. The van der Waals surface area contributed by atoms with Gasteiger partial charge in [-0.2, -0.15) is 10.4 Å². The molecule has 5 heteroatoms. The molecule has 0 fully saturated rings. The Bertz CT molecular complexity index is 1360. The molecule has 1 aromatic heterocycles. The van der Waals surface area contributed by atoms with E-state index in [2.05, 4.69) is 21.2 Å². The van der Waals surface area contributed by atoms with Gasteiger partial charge in [0.05, 0.1) is 24.3 Å². The largest absolute Gasteiger partial charge is 0.342 e. The van der Waals surface area contributed by atoms with Gasteiger partial charge in [0, 0.05) is 29.2 Å². The standard InChI is InChI=1S/C27H24N4O/c1-19-11-12-20(2)23(13-19)14-27(32)30-29-16-24-18-31(26-10-6-5-9-25(24)26)17-22-8-4-3-7-21(22)15-28/h3-13,16,18H,14,17H2,1-2H3,(H,30,32)/b29-16-. The second kappa shape index (κ2) is 9.32. The zero-order chi connectivity index (χ0) is 22.5. The molecule has 5 nitrogen and oxygen atoms in total. The quantitative estimate of drug-likeness (QED) is 0.357. The Hall–Kier alpha value is -4.17. The molecule has 1 amide bonds. The summed E-state index contributed by atoms with van der Waals surface area (Å²) in [5.41, 5.74) is 9.45. The number of hydrogen-bond acceptors (Lipinski definition) is 3. The van der Waals surface area contributed by atoms with Crippen LogP contribution in [0.3, 0.4) is 0 Å². The number of carbonyl (C=O) groups excluding carboxylic acids is 1. The number of hydrazone groups is 1. The van der Waals surface area contributed by atoms with Crippen LogP contribution in [0.5, 0.6) is 0 Å². The molecule has 0 atom stereocenters. The molecule has 0 spiro atoms. The number of carbonyl (C=O) groups is 1. The van der Waals surface area contributed by atoms with Crippen molar-refractivity contribution in [3.8, 4) is 6.07 Å². The fourth-order valence-electron chi connectivity index (χ4n) is 3.84. The fourth-order valence-corrected chi connectivity index (χ4v) is 3.84. The average molecular weight is 421 g/mol. The van der Waals surface area contributed by atoms with Crippen LogP contribution in [0.25, 0.3) is 10.9 Å². The third-order valence-electron chi connectivity index (χ3n) is 5.55. The summed E-state index contributed by atoms with van der Waals surface area (Å²) < 4.78 is 2.10. The first kappa shape index (κ1) is 21.1. The van der Waals surface area contributed by atoms with Crippen molar-refractivity contribution in [3.63, 3.8) is 0 Å². The number of amides is 1. The van der Waals surface area contributed by atoms with Crippen LogP contribution in [-0.2, 0) is 17.8 Å². The average Bonchev–Trinajstić information content (AvgIpc) is 3.14. The summed E-state index contributed by atoms with van der Waals surface area (Å²) in [5.74, 6) is -0.151. The van der Waals surface area contributed by atoms with E-state index in [0.717, 1.165) is 38.7 Å². The first-order chi connectivity index (χ1) is 15.5. The van der Waals surface area contributed by atoms with E-state index in [1.54, 1.807) is 6.21 Å². The summed E-state index contributed by atoms with van der Waals surface area (Å²) in [5, 5.41) is 14.6. The van der Waals surface area contributed by atoms with Crippen molar-refractivity contribution in [2.24, 2.45) is 5.10 Å². The van der Waals surface area contributed by atoms with E-state index >= 15 is 0 Å². The lowest BCUT2D eigenvalue weighted by Gasteiger charge is -2.07. The van der Waals surface area contributed by atoms with E-state index in [0.29, 0.717) is 12.1 Å². The van der Waals surface area contributed by atoms with Gasteiger partial charge < -0.3 is 4.57 Å². The molecule has 0 radical (unpaired) electrons. The molecular weight excluding hydrogens is 396 g/mol. The molecule has 3 aromatic carbocycles. The van der Waals surface area contributed by atoms with E-state index in [1.165, 1.54) is 0 Å². The van der Waals surface area contributed by atoms with Crippen LogP contribution in [0.15, 0.2) is 78.0 Å². The minimum Gasteiger partial charge on any atom is -0.342 e. The van der Waals surface area contributed by atoms with Gasteiger partial charge in [-0.3, -0.25) is 4.79 Å². The summed E-state index contributed by atoms with van der Waals surface area (Å²) in [6.45, 7) is 4.60. The van der Waals surface area contributed by atoms with Crippen molar-refractivity contribution in [3.05, 3.63) is 106 Å². The number of aryl methyl sites for hydroxylation is 2. The lowest BCUT2D eigenvalue weighted by Crippen LogP contribution is -2.20. The van der Waals surface area contributed by atoms with Gasteiger partial charge in [-0.1, -0.05) is 60.2 Å². The Morgan fingerprint density at radius 1 is 1.06 bits per heavy atom. The van der Waals surface area contributed by atoms with Crippen molar-refractivity contribution in [1.82, 2.24) is 9.99 Å². The maximum Gasteiger partial charge on any atom is 0.244 e. The van der Waals surface area contributed by atoms with Crippen LogP contribution in [-0.4, -0.2) is 16.7 Å². The van der Waals surface area contributed by atoms with Crippen LogP contribution < -0.4 is 5.43 Å². The van der Waals surface area contributed by atoms with E-state index in [1.807, 2.05) is 86.8 Å². The highest BCUT2D eigenvalue weighted by Gasteiger charge is 2.10. The van der Waals surface area contributed by atoms with Gasteiger partial charge in [0.1, 0.15) is 0 Å². The Morgan fingerprint density at radius 2 is 1.84 bits per heavy atom. The highest BCUT2D eigenvalue weighted by Crippen LogP contribution is 2.22. The number of nitriles is 1. The summed E-state index contributed by atoms with van der Waals surface area (Å²) in [6.07, 6.45) is 3.97. The van der Waals surface area contributed by atoms with E-state index in [-0.39, 0.29) is 12.3 Å². The number of hydrogen-bond donors (Lipinski definition) is 1. The third kappa shape index (κ3) is 4.60. The molecule has 0 saturated heterocycles. The summed E-state index contributed by atoms with van der Waals surface area (Å²) in [6, 6.07) is 24.0. The second-order valence-corrected chi connectivity index (χ2v) is 7.90. The van der Waals surface area contributed by atoms with Crippen molar-refractivity contribution in [2.45, 2.75) is 26.8 Å². The van der Waals surface area contributed by atoms with Gasteiger partial charge >= 0.3 is 0 Å². The zero-order valence-corrected chi connectivity index (χ0v) is 18.2. The van der Waals surface area contributed by atoms with Gasteiger partial charge in [-0.25, -0.2) is 5.43 Å². The fraction of sp³-hybridized carbons (Fsp3) is 0.148. The lowest BCUT2D eigenvalue weighted by atomic mass is 10.0. The highest BCUT2D eigenvalue weighted by atomic mass is 16.2. The van der Waals surface area contributed by atoms with Gasteiger partial charge in [-0.15, -0.1) is 0 Å².